The lowest BCUT2D eigenvalue weighted by Gasteiger charge is -2.04. The van der Waals surface area contributed by atoms with E-state index < -0.39 is 0 Å². The van der Waals surface area contributed by atoms with Crippen molar-refractivity contribution in [3.8, 4) is 11.1 Å². The van der Waals surface area contributed by atoms with Crippen LogP contribution in [-0.4, -0.2) is 0 Å². The highest BCUT2D eigenvalue weighted by Gasteiger charge is 1.99. The molecule has 2 heteroatoms. The zero-order valence-electron chi connectivity index (χ0n) is 12.4. The Bertz CT molecular complexity index is 449. The minimum atomic E-state index is 0.783. The van der Waals surface area contributed by atoms with Gasteiger partial charge in [-0.05, 0) is 29.3 Å². The molecule has 104 valence electrons. The molecular formula is C17H25NS. The molecule has 19 heavy (non-hydrogen) atoms. The van der Waals surface area contributed by atoms with Gasteiger partial charge in [-0.1, -0.05) is 64.4 Å². The van der Waals surface area contributed by atoms with E-state index in [4.69, 9.17) is 5.73 Å². The maximum absolute atomic E-state index is 5.62. The van der Waals surface area contributed by atoms with Crippen molar-refractivity contribution in [2.75, 3.05) is 5.73 Å². The second-order valence-electron chi connectivity index (χ2n) is 3.85. The molecule has 2 N–H and O–H groups in total. The first-order chi connectivity index (χ1) is 9.19. The van der Waals surface area contributed by atoms with Gasteiger partial charge in [0.2, 0.25) is 0 Å². The molecule has 0 aromatic heterocycles. The number of thiol groups is 1. The summed E-state index contributed by atoms with van der Waals surface area (Å²) in [5.74, 6) is 0. The second kappa shape index (κ2) is 10.5. The Kier molecular flexibility index (Phi) is 9.73. The normalized spacial score (nSPS) is 8.68. The quantitative estimate of drug-likeness (QED) is 0.509. The zero-order valence-corrected chi connectivity index (χ0v) is 13.2. The highest BCUT2D eigenvalue weighted by molar-refractivity contribution is 7.80. The summed E-state index contributed by atoms with van der Waals surface area (Å²) in [4.78, 5) is 0.984. The van der Waals surface area contributed by atoms with Gasteiger partial charge in [-0.25, -0.2) is 0 Å². The Morgan fingerprint density at radius 1 is 0.895 bits per heavy atom. The van der Waals surface area contributed by atoms with Crippen molar-refractivity contribution >= 4 is 18.3 Å². The number of hydrogen-bond acceptors (Lipinski definition) is 2. The van der Waals surface area contributed by atoms with Crippen LogP contribution in [0.2, 0.25) is 0 Å². The molecule has 2 aromatic carbocycles. The minimum absolute atomic E-state index is 0.783. The van der Waals surface area contributed by atoms with Crippen LogP contribution >= 0.6 is 12.6 Å². The lowest BCUT2D eigenvalue weighted by molar-refractivity contribution is 1.09. The minimum Gasteiger partial charge on any atom is -0.399 e. The van der Waals surface area contributed by atoms with Crippen molar-refractivity contribution in [3.63, 3.8) is 0 Å². The summed E-state index contributed by atoms with van der Waals surface area (Å²) in [6.07, 6.45) is 1.25. The van der Waals surface area contributed by atoms with Crippen LogP contribution in [0.25, 0.3) is 11.1 Å². The van der Waals surface area contributed by atoms with Gasteiger partial charge in [0.05, 0.1) is 0 Å². The van der Waals surface area contributed by atoms with Crippen LogP contribution in [0.5, 0.6) is 0 Å². The lowest BCUT2D eigenvalue weighted by atomic mass is 10.1. The molecule has 0 unspecified atom stereocenters. The summed E-state index contributed by atoms with van der Waals surface area (Å²) in [5, 5.41) is 0. The average molecular weight is 275 g/mol. The molecule has 0 bridgehead atoms. The first-order valence-electron chi connectivity index (χ1n) is 6.83. The van der Waals surface area contributed by atoms with E-state index in [0.29, 0.717) is 0 Å². The van der Waals surface area contributed by atoms with Crippen LogP contribution in [0.3, 0.4) is 0 Å². The number of nitrogens with two attached hydrogens (primary N) is 1. The summed E-state index contributed by atoms with van der Waals surface area (Å²) in [5.41, 5.74) is 8.68. The van der Waals surface area contributed by atoms with Crippen molar-refractivity contribution in [2.24, 2.45) is 0 Å². The van der Waals surface area contributed by atoms with Gasteiger partial charge in [-0.15, -0.1) is 12.6 Å². The molecular weight excluding hydrogens is 250 g/mol. The summed E-state index contributed by atoms with van der Waals surface area (Å²) in [6, 6.07) is 15.8. The monoisotopic (exact) mass is 275 g/mol. The second-order valence-corrected chi connectivity index (χ2v) is 4.33. The fourth-order valence-corrected chi connectivity index (χ4v) is 1.67. The Labute approximate surface area is 123 Å². The molecule has 1 nitrogen and oxygen atoms in total. The fourth-order valence-electron chi connectivity index (χ4n) is 1.38. The molecule has 0 heterocycles. The maximum atomic E-state index is 5.62. The van der Waals surface area contributed by atoms with Gasteiger partial charge in [0, 0.05) is 10.6 Å². The Morgan fingerprint density at radius 3 is 1.84 bits per heavy atom. The molecule has 2 aromatic rings. The van der Waals surface area contributed by atoms with Crippen LogP contribution in [0.1, 0.15) is 34.1 Å². The van der Waals surface area contributed by atoms with E-state index in [0.717, 1.165) is 21.7 Å². The van der Waals surface area contributed by atoms with Crippen molar-refractivity contribution in [1.29, 1.82) is 0 Å². The van der Waals surface area contributed by atoms with Crippen molar-refractivity contribution in [3.05, 3.63) is 48.5 Å². The highest BCUT2D eigenvalue weighted by atomic mass is 32.1. The molecule has 0 radical (unpaired) electrons. The van der Waals surface area contributed by atoms with Crippen LogP contribution in [-0.2, 0) is 0 Å². The molecule has 0 atom stereocenters. The number of rotatable bonds is 1. The first kappa shape index (κ1) is 17.6. The Morgan fingerprint density at radius 2 is 1.37 bits per heavy atom. The van der Waals surface area contributed by atoms with E-state index in [9.17, 15) is 0 Å². The molecule has 0 aliphatic rings. The van der Waals surface area contributed by atoms with E-state index in [1.807, 2.05) is 62.4 Å². The van der Waals surface area contributed by atoms with Crippen LogP contribution in [0.15, 0.2) is 53.4 Å². The van der Waals surface area contributed by atoms with Gasteiger partial charge < -0.3 is 5.73 Å². The number of benzene rings is 2. The molecule has 0 aliphatic carbocycles. The summed E-state index contributed by atoms with van der Waals surface area (Å²) >= 11 is 4.40. The molecule has 0 amide bonds. The van der Waals surface area contributed by atoms with E-state index >= 15 is 0 Å². The third-order valence-corrected chi connectivity index (χ3v) is 2.52. The number of anilines is 1. The maximum Gasteiger partial charge on any atom is 0.0314 e. The molecule has 0 fully saturated rings. The van der Waals surface area contributed by atoms with Gasteiger partial charge in [0.1, 0.15) is 0 Å². The van der Waals surface area contributed by atoms with E-state index in [1.54, 1.807) is 0 Å². The Hall–Kier alpha value is -1.41. The summed E-state index contributed by atoms with van der Waals surface area (Å²) in [7, 11) is 0. The standard InChI is InChI=1S/C12H11NS.C3H8.C2H6/c13-10-7-5-9(6-8-10)11-3-1-2-4-12(11)14;1-3-2;1-2/h1-8,14H,13H2;3H2,1-2H3;1-2H3. The first-order valence-corrected chi connectivity index (χ1v) is 7.27. The van der Waals surface area contributed by atoms with E-state index in [2.05, 4.69) is 26.5 Å². The summed E-state index contributed by atoms with van der Waals surface area (Å²) < 4.78 is 0. The fraction of sp³-hybridized carbons (Fsp3) is 0.294. The zero-order chi connectivity index (χ0) is 14.7. The van der Waals surface area contributed by atoms with Gasteiger partial charge in [0.25, 0.3) is 0 Å². The third kappa shape index (κ3) is 6.35. The predicted octanol–water partition coefficient (Wildman–Crippen LogP) is 5.67. The van der Waals surface area contributed by atoms with Crippen molar-refractivity contribution in [2.45, 2.75) is 39.0 Å². The van der Waals surface area contributed by atoms with Crippen LogP contribution in [0.4, 0.5) is 5.69 Å². The molecule has 0 saturated carbocycles. The SMILES string of the molecule is CC.CCC.Nc1ccc(-c2ccccc2S)cc1. The number of hydrogen-bond donors (Lipinski definition) is 2. The van der Waals surface area contributed by atoms with Gasteiger partial charge in [0.15, 0.2) is 0 Å². The van der Waals surface area contributed by atoms with E-state index in [1.165, 1.54) is 6.42 Å². The summed E-state index contributed by atoms with van der Waals surface area (Å²) in [6.45, 7) is 8.25. The highest BCUT2D eigenvalue weighted by Crippen LogP contribution is 2.26. The average Bonchev–Trinajstić information content (AvgIpc) is 2.44. The van der Waals surface area contributed by atoms with Gasteiger partial charge in [-0.2, -0.15) is 0 Å². The predicted molar refractivity (Wildman–Crippen MR) is 90.9 cm³/mol. The smallest absolute Gasteiger partial charge is 0.0314 e. The molecule has 0 aliphatic heterocycles. The lowest BCUT2D eigenvalue weighted by Crippen LogP contribution is -1.84. The van der Waals surface area contributed by atoms with Crippen LogP contribution in [0, 0.1) is 0 Å². The number of nitrogen functional groups attached to an aromatic ring is 1. The largest absolute Gasteiger partial charge is 0.399 e. The van der Waals surface area contributed by atoms with Crippen molar-refractivity contribution in [1.82, 2.24) is 0 Å². The topological polar surface area (TPSA) is 26.0 Å². The van der Waals surface area contributed by atoms with Crippen LogP contribution < -0.4 is 5.73 Å². The molecule has 0 spiro atoms. The molecule has 2 rings (SSSR count). The van der Waals surface area contributed by atoms with Gasteiger partial charge >= 0.3 is 0 Å². The van der Waals surface area contributed by atoms with E-state index in [-0.39, 0.29) is 0 Å². The van der Waals surface area contributed by atoms with Crippen molar-refractivity contribution < 1.29 is 0 Å². The Balaban J connectivity index is 0.000000573. The molecule has 0 saturated heterocycles. The third-order valence-electron chi connectivity index (χ3n) is 2.13. The van der Waals surface area contributed by atoms with Gasteiger partial charge in [-0.3, -0.25) is 0 Å².